The molecule has 114 valence electrons. The van der Waals surface area contributed by atoms with Crippen molar-refractivity contribution >= 4 is 12.0 Å². The van der Waals surface area contributed by atoms with Gasteiger partial charge in [-0.1, -0.05) is 48.5 Å². The van der Waals surface area contributed by atoms with Gasteiger partial charge in [-0.3, -0.25) is 4.79 Å². The van der Waals surface area contributed by atoms with Crippen molar-refractivity contribution in [2.75, 3.05) is 13.6 Å². The van der Waals surface area contributed by atoms with Crippen molar-refractivity contribution in [2.45, 2.75) is 6.54 Å². The summed E-state index contributed by atoms with van der Waals surface area (Å²) in [6, 6.07) is 18.3. The first-order valence-corrected chi connectivity index (χ1v) is 6.94. The fourth-order valence-corrected chi connectivity index (χ4v) is 1.80. The highest BCUT2D eigenvalue weighted by molar-refractivity contribution is 5.82. The van der Waals surface area contributed by atoms with Gasteiger partial charge < -0.3 is 15.0 Å². The zero-order valence-corrected chi connectivity index (χ0v) is 12.4. The van der Waals surface area contributed by atoms with E-state index in [0.29, 0.717) is 12.3 Å². The minimum absolute atomic E-state index is 0.0570. The molecule has 0 aliphatic heterocycles. The molecule has 0 radical (unpaired) electrons. The Kier molecular flexibility index (Phi) is 5.54. The van der Waals surface area contributed by atoms with Gasteiger partial charge in [0.25, 0.3) is 0 Å². The molecule has 0 spiro atoms. The molecule has 0 aliphatic carbocycles. The average molecular weight is 298 g/mol. The minimum atomic E-state index is -0.568. The number of hydrogen-bond donors (Lipinski definition) is 1. The standard InChI is InChI=1S/C17H18N2O3/c1-19(17(21)22-15-10-6-3-7-11-15)13-16(20)18-12-14-8-4-2-5-9-14/h2-11H,12-13H2,1H3,(H,18,20). The molecule has 2 aromatic carbocycles. The molecule has 0 aliphatic rings. The molecule has 5 heteroatoms. The van der Waals surface area contributed by atoms with Crippen molar-refractivity contribution in [3.8, 4) is 5.75 Å². The van der Waals surface area contributed by atoms with Gasteiger partial charge in [0, 0.05) is 13.6 Å². The monoisotopic (exact) mass is 298 g/mol. The lowest BCUT2D eigenvalue weighted by atomic mass is 10.2. The Bertz CT molecular complexity index is 614. The van der Waals surface area contributed by atoms with Crippen molar-refractivity contribution in [2.24, 2.45) is 0 Å². The Morgan fingerprint density at radius 3 is 2.23 bits per heavy atom. The summed E-state index contributed by atoms with van der Waals surface area (Å²) in [6.45, 7) is 0.375. The molecule has 2 amide bonds. The van der Waals surface area contributed by atoms with Crippen LogP contribution in [0.4, 0.5) is 4.79 Å². The van der Waals surface area contributed by atoms with Gasteiger partial charge in [-0.25, -0.2) is 4.79 Å². The Morgan fingerprint density at radius 2 is 1.59 bits per heavy atom. The Labute approximate surface area is 129 Å². The van der Waals surface area contributed by atoms with Gasteiger partial charge in [-0.15, -0.1) is 0 Å². The van der Waals surface area contributed by atoms with Gasteiger partial charge in [-0.05, 0) is 17.7 Å². The molecule has 22 heavy (non-hydrogen) atoms. The van der Waals surface area contributed by atoms with E-state index in [0.717, 1.165) is 5.56 Å². The number of amides is 2. The predicted octanol–water partition coefficient (Wildman–Crippen LogP) is 2.43. The van der Waals surface area contributed by atoms with Crippen LogP contribution in [-0.2, 0) is 11.3 Å². The number of nitrogens with one attached hydrogen (secondary N) is 1. The topological polar surface area (TPSA) is 58.6 Å². The fraction of sp³-hybridized carbons (Fsp3) is 0.176. The molecule has 0 aromatic heterocycles. The summed E-state index contributed by atoms with van der Waals surface area (Å²) in [5, 5.41) is 2.76. The first-order valence-electron chi connectivity index (χ1n) is 6.94. The molecule has 2 aromatic rings. The molecule has 5 nitrogen and oxygen atoms in total. The third kappa shape index (κ3) is 4.94. The molecule has 0 unspecified atom stereocenters. The zero-order valence-electron chi connectivity index (χ0n) is 12.4. The number of hydrogen-bond acceptors (Lipinski definition) is 3. The number of benzene rings is 2. The van der Waals surface area contributed by atoms with Crippen LogP contribution in [0.3, 0.4) is 0 Å². The molecule has 0 saturated carbocycles. The molecule has 0 fully saturated rings. The highest BCUT2D eigenvalue weighted by Gasteiger charge is 2.14. The molecule has 2 rings (SSSR count). The molecule has 1 N–H and O–H groups in total. The van der Waals surface area contributed by atoms with Crippen LogP contribution in [0.15, 0.2) is 60.7 Å². The van der Waals surface area contributed by atoms with E-state index >= 15 is 0 Å². The molecule has 0 heterocycles. The van der Waals surface area contributed by atoms with E-state index in [1.807, 2.05) is 36.4 Å². The second-order valence-corrected chi connectivity index (χ2v) is 4.80. The normalized spacial score (nSPS) is 9.86. The van der Waals surface area contributed by atoms with Crippen molar-refractivity contribution in [3.63, 3.8) is 0 Å². The molecular weight excluding hydrogens is 280 g/mol. The van der Waals surface area contributed by atoms with E-state index in [2.05, 4.69) is 5.32 Å². The Hall–Kier alpha value is -2.82. The lowest BCUT2D eigenvalue weighted by molar-refractivity contribution is -0.121. The van der Waals surface area contributed by atoms with Crippen LogP contribution in [-0.4, -0.2) is 30.5 Å². The van der Waals surface area contributed by atoms with Crippen LogP contribution in [0, 0.1) is 0 Å². The maximum atomic E-state index is 11.8. The largest absolute Gasteiger partial charge is 0.415 e. The van der Waals surface area contributed by atoms with Crippen molar-refractivity contribution in [3.05, 3.63) is 66.2 Å². The smallest absolute Gasteiger partial charge is 0.410 e. The quantitative estimate of drug-likeness (QED) is 0.922. The molecule has 0 saturated heterocycles. The number of ether oxygens (including phenoxy) is 1. The van der Waals surface area contributed by atoms with E-state index in [1.54, 1.807) is 24.3 Å². The molecule has 0 atom stereocenters. The van der Waals surface area contributed by atoms with E-state index in [9.17, 15) is 9.59 Å². The summed E-state index contributed by atoms with van der Waals surface area (Å²) in [4.78, 5) is 24.9. The van der Waals surface area contributed by atoms with E-state index in [4.69, 9.17) is 4.74 Å². The van der Waals surface area contributed by atoms with Crippen LogP contribution in [0.5, 0.6) is 5.75 Å². The molecular formula is C17H18N2O3. The number of likely N-dealkylation sites (N-methyl/N-ethyl adjacent to an activating group) is 1. The Morgan fingerprint density at radius 1 is 1.00 bits per heavy atom. The summed E-state index contributed by atoms with van der Waals surface area (Å²) in [5.74, 6) is 0.209. The van der Waals surface area contributed by atoms with Gasteiger partial charge in [-0.2, -0.15) is 0 Å². The number of carbonyl (C=O) groups excluding carboxylic acids is 2. The van der Waals surface area contributed by atoms with Crippen molar-refractivity contribution in [1.82, 2.24) is 10.2 Å². The SMILES string of the molecule is CN(CC(=O)NCc1ccccc1)C(=O)Oc1ccccc1. The highest BCUT2D eigenvalue weighted by atomic mass is 16.6. The van der Waals surface area contributed by atoms with Crippen LogP contribution in [0.2, 0.25) is 0 Å². The fourth-order valence-electron chi connectivity index (χ4n) is 1.80. The van der Waals surface area contributed by atoms with Crippen LogP contribution in [0.1, 0.15) is 5.56 Å². The lowest BCUT2D eigenvalue weighted by Crippen LogP contribution is -2.39. The van der Waals surface area contributed by atoms with Gasteiger partial charge >= 0.3 is 6.09 Å². The van der Waals surface area contributed by atoms with E-state index in [-0.39, 0.29) is 12.5 Å². The number of nitrogens with zero attached hydrogens (tertiary/aromatic N) is 1. The Balaban J connectivity index is 1.77. The summed E-state index contributed by atoms with van der Waals surface area (Å²) in [7, 11) is 1.52. The van der Waals surface area contributed by atoms with Gasteiger partial charge in [0.15, 0.2) is 0 Å². The van der Waals surface area contributed by atoms with Crippen LogP contribution >= 0.6 is 0 Å². The van der Waals surface area contributed by atoms with Crippen LogP contribution in [0.25, 0.3) is 0 Å². The zero-order chi connectivity index (χ0) is 15.8. The van der Waals surface area contributed by atoms with Crippen molar-refractivity contribution < 1.29 is 14.3 Å². The van der Waals surface area contributed by atoms with Gasteiger partial charge in [0.2, 0.25) is 5.91 Å². The first kappa shape index (κ1) is 15.6. The van der Waals surface area contributed by atoms with Gasteiger partial charge in [0.1, 0.15) is 12.3 Å². The van der Waals surface area contributed by atoms with Gasteiger partial charge in [0.05, 0.1) is 0 Å². The average Bonchev–Trinajstić information content (AvgIpc) is 2.55. The summed E-state index contributed by atoms with van der Waals surface area (Å²) >= 11 is 0. The summed E-state index contributed by atoms with van der Waals surface area (Å²) in [6.07, 6.45) is -0.568. The minimum Gasteiger partial charge on any atom is -0.410 e. The number of rotatable bonds is 5. The number of para-hydroxylation sites is 1. The second kappa shape index (κ2) is 7.83. The maximum Gasteiger partial charge on any atom is 0.415 e. The third-order valence-corrected chi connectivity index (χ3v) is 2.97. The van der Waals surface area contributed by atoms with Crippen LogP contribution < -0.4 is 10.1 Å². The number of carbonyl (C=O) groups is 2. The summed E-state index contributed by atoms with van der Waals surface area (Å²) < 4.78 is 5.15. The lowest BCUT2D eigenvalue weighted by Gasteiger charge is -2.16. The van der Waals surface area contributed by atoms with E-state index < -0.39 is 6.09 Å². The van der Waals surface area contributed by atoms with Crippen molar-refractivity contribution in [1.29, 1.82) is 0 Å². The highest BCUT2D eigenvalue weighted by Crippen LogP contribution is 2.09. The maximum absolute atomic E-state index is 11.8. The summed E-state index contributed by atoms with van der Waals surface area (Å²) in [5.41, 5.74) is 1.00. The molecule has 0 bridgehead atoms. The predicted molar refractivity (Wildman–Crippen MR) is 83.4 cm³/mol. The van der Waals surface area contributed by atoms with E-state index in [1.165, 1.54) is 11.9 Å². The third-order valence-electron chi connectivity index (χ3n) is 2.97. The first-order chi connectivity index (χ1) is 10.6. The second-order valence-electron chi connectivity index (χ2n) is 4.80.